The molecule has 2 rings (SSSR count). The summed E-state index contributed by atoms with van der Waals surface area (Å²) in [6.45, 7) is 0. The van der Waals surface area contributed by atoms with Crippen LogP contribution in [0.25, 0.3) is 0 Å². The second-order valence-electron chi connectivity index (χ2n) is 2.92. The molecule has 1 aromatic heterocycles. The number of nitrogen functional groups attached to an aromatic ring is 1. The number of rotatable bonds is 2. The van der Waals surface area contributed by atoms with Crippen LogP contribution in [0.5, 0.6) is 0 Å². The van der Waals surface area contributed by atoms with Crippen LogP contribution in [0.1, 0.15) is 0 Å². The first-order valence-corrected chi connectivity index (χ1v) is 5.07. The van der Waals surface area contributed by atoms with Crippen LogP contribution in [-0.4, -0.2) is 15.0 Å². The van der Waals surface area contributed by atoms with E-state index in [2.05, 4.69) is 20.3 Å². The third kappa shape index (κ3) is 2.50. The van der Waals surface area contributed by atoms with Gasteiger partial charge in [0.1, 0.15) is 6.33 Å². The zero-order chi connectivity index (χ0) is 11.5. The Morgan fingerprint density at radius 3 is 2.69 bits per heavy atom. The van der Waals surface area contributed by atoms with Crippen LogP contribution in [0.4, 0.5) is 17.6 Å². The molecule has 5 nitrogen and oxygen atoms in total. The molecule has 0 atom stereocenters. The Kier molecular flexibility index (Phi) is 3.07. The lowest BCUT2D eigenvalue weighted by Crippen LogP contribution is -2.02. The van der Waals surface area contributed by atoms with Crippen molar-refractivity contribution in [2.24, 2.45) is 0 Å². The second-order valence-corrected chi connectivity index (χ2v) is 3.76. The molecule has 1 aromatic carbocycles. The normalized spacial score (nSPS) is 10.1. The molecule has 0 saturated carbocycles. The van der Waals surface area contributed by atoms with Gasteiger partial charge in [-0.3, -0.25) is 0 Å². The number of hydrogen-bond acceptors (Lipinski definition) is 5. The van der Waals surface area contributed by atoms with Crippen molar-refractivity contribution in [3.05, 3.63) is 34.6 Å². The SMILES string of the molecule is Nc1ncnc(Nc2ccc(Cl)cc2Cl)n1. The lowest BCUT2D eigenvalue weighted by molar-refractivity contribution is 1.07. The Hall–Kier alpha value is -1.59. The van der Waals surface area contributed by atoms with Crippen LogP contribution < -0.4 is 11.1 Å². The highest BCUT2D eigenvalue weighted by Gasteiger charge is 2.03. The minimum Gasteiger partial charge on any atom is -0.368 e. The van der Waals surface area contributed by atoms with Gasteiger partial charge in [-0.05, 0) is 18.2 Å². The van der Waals surface area contributed by atoms with E-state index in [9.17, 15) is 0 Å². The van der Waals surface area contributed by atoms with Gasteiger partial charge in [-0.25, -0.2) is 9.97 Å². The Bertz CT molecular complexity index is 517. The molecule has 0 aliphatic rings. The summed E-state index contributed by atoms with van der Waals surface area (Å²) in [6, 6.07) is 5.06. The lowest BCUT2D eigenvalue weighted by atomic mass is 10.3. The number of anilines is 3. The van der Waals surface area contributed by atoms with Crippen molar-refractivity contribution < 1.29 is 0 Å². The predicted octanol–water partition coefficient (Wildman–Crippen LogP) is 2.50. The van der Waals surface area contributed by atoms with Crippen LogP contribution in [0.15, 0.2) is 24.5 Å². The first kappa shape index (κ1) is 10.9. The van der Waals surface area contributed by atoms with Crippen LogP contribution in [-0.2, 0) is 0 Å². The fourth-order valence-corrected chi connectivity index (χ4v) is 1.54. The van der Waals surface area contributed by atoms with Crippen molar-refractivity contribution in [1.82, 2.24) is 15.0 Å². The highest BCUT2D eigenvalue weighted by molar-refractivity contribution is 6.36. The number of benzene rings is 1. The highest BCUT2D eigenvalue weighted by atomic mass is 35.5. The number of nitrogens with zero attached hydrogens (tertiary/aromatic N) is 3. The van der Waals surface area contributed by atoms with Crippen molar-refractivity contribution in [3.63, 3.8) is 0 Å². The minimum atomic E-state index is 0.141. The topological polar surface area (TPSA) is 76.7 Å². The van der Waals surface area contributed by atoms with E-state index in [1.807, 2.05) is 0 Å². The first-order chi connectivity index (χ1) is 7.65. The van der Waals surface area contributed by atoms with Crippen molar-refractivity contribution >= 4 is 40.8 Å². The first-order valence-electron chi connectivity index (χ1n) is 4.32. The molecule has 7 heteroatoms. The molecule has 0 aliphatic heterocycles. The Balaban J connectivity index is 2.27. The standard InChI is InChI=1S/C9H7Cl2N5/c10-5-1-2-7(6(11)3-5)15-9-14-4-13-8(12)16-9/h1-4H,(H3,12,13,14,15,16). The van der Waals surface area contributed by atoms with Gasteiger partial charge < -0.3 is 11.1 Å². The average molecular weight is 256 g/mol. The third-order valence-electron chi connectivity index (χ3n) is 1.77. The molecular formula is C9H7Cl2N5. The molecule has 16 heavy (non-hydrogen) atoms. The van der Waals surface area contributed by atoms with E-state index < -0.39 is 0 Å². The predicted molar refractivity (Wildman–Crippen MR) is 64.0 cm³/mol. The van der Waals surface area contributed by atoms with Crippen LogP contribution in [0, 0.1) is 0 Å². The molecule has 0 spiro atoms. The molecule has 0 unspecified atom stereocenters. The van der Waals surface area contributed by atoms with Gasteiger partial charge in [0.2, 0.25) is 11.9 Å². The molecule has 1 heterocycles. The van der Waals surface area contributed by atoms with Crippen LogP contribution in [0.2, 0.25) is 10.0 Å². The molecule has 0 saturated heterocycles. The van der Waals surface area contributed by atoms with Gasteiger partial charge in [-0.2, -0.15) is 4.98 Å². The zero-order valence-corrected chi connectivity index (χ0v) is 9.50. The molecule has 0 radical (unpaired) electrons. The molecular weight excluding hydrogens is 249 g/mol. The van der Waals surface area contributed by atoms with Gasteiger partial charge in [-0.15, -0.1) is 0 Å². The summed E-state index contributed by atoms with van der Waals surface area (Å²) in [4.78, 5) is 11.5. The monoisotopic (exact) mass is 255 g/mol. The fraction of sp³-hybridized carbons (Fsp3) is 0. The van der Waals surface area contributed by atoms with Crippen molar-refractivity contribution in [2.45, 2.75) is 0 Å². The van der Waals surface area contributed by atoms with E-state index in [0.717, 1.165) is 0 Å². The zero-order valence-electron chi connectivity index (χ0n) is 7.98. The van der Waals surface area contributed by atoms with Gasteiger partial charge in [0, 0.05) is 5.02 Å². The molecule has 0 fully saturated rings. The summed E-state index contributed by atoms with van der Waals surface area (Å²) in [5.41, 5.74) is 6.07. The third-order valence-corrected chi connectivity index (χ3v) is 2.32. The Morgan fingerprint density at radius 2 is 2.00 bits per heavy atom. The summed E-state index contributed by atoms with van der Waals surface area (Å²) < 4.78 is 0. The average Bonchev–Trinajstić information content (AvgIpc) is 2.22. The maximum Gasteiger partial charge on any atom is 0.232 e. The van der Waals surface area contributed by atoms with Crippen molar-refractivity contribution in [1.29, 1.82) is 0 Å². The quantitative estimate of drug-likeness (QED) is 0.863. The van der Waals surface area contributed by atoms with Crippen molar-refractivity contribution in [2.75, 3.05) is 11.1 Å². The van der Waals surface area contributed by atoms with Gasteiger partial charge in [0.15, 0.2) is 0 Å². The Labute approximate surface area is 102 Å². The Morgan fingerprint density at radius 1 is 1.19 bits per heavy atom. The number of hydrogen-bond donors (Lipinski definition) is 2. The summed E-state index contributed by atoms with van der Waals surface area (Å²) >= 11 is 11.7. The van der Waals surface area contributed by atoms with Gasteiger partial charge in [-0.1, -0.05) is 23.2 Å². The molecule has 0 amide bonds. The largest absolute Gasteiger partial charge is 0.368 e. The lowest BCUT2D eigenvalue weighted by Gasteiger charge is -2.06. The van der Waals surface area contributed by atoms with Crippen molar-refractivity contribution in [3.8, 4) is 0 Å². The van der Waals surface area contributed by atoms with Gasteiger partial charge in [0.05, 0.1) is 10.7 Å². The van der Waals surface area contributed by atoms with E-state index in [-0.39, 0.29) is 5.95 Å². The summed E-state index contributed by atoms with van der Waals surface area (Å²) in [6.07, 6.45) is 1.31. The summed E-state index contributed by atoms with van der Waals surface area (Å²) in [7, 11) is 0. The van der Waals surface area contributed by atoms with E-state index >= 15 is 0 Å². The smallest absolute Gasteiger partial charge is 0.232 e. The summed E-state index contributed by atoms with van der Waals surface area (Å²) in [5.74, 6) is 0.472. The van der Waals surface area contributed by atoms with E-state index in [1.165, 1.54) is 6.33 Å². The second kappa shape index (κ2) is 4.51. The summed E-state index contributed by atoms with van der Waals surface area (Å²) in [5, 5.41) is 3.95. The molecule has 0 bridgehead atoms. The van der Waals surface area contributed by atoms with Gasteiger partial charge in [0.25, 0.3) is 0 Å². The van der Waals surface area contributed by atoms with Crippen LogP contribution >= 0.6 is 23.2 Å². The number of aromatic nitrogens is 3. The fourth-order valence-electron chi connectivity index (χ4n) is 1.08. The number of nitrogens with two attached hydrogens (primary N) is 1. The van der Waals surface area contributed by atoms with Crippen LogP contribution in [0.3, 0.4) is 0 Å². The molecule has 3 N–H and O–H groups in total. The van der Waals surface area contributed by atoms with E-state index in [1.54, 1.807) is 18.2 Å². The minimum absolute atomic E-state index is 0.141. The maximum absolute atomic E-state index is 5.97. The van der Waals surface area contributed by atoms with Gasteiger partial charge >= 0.3 is 0 Å². The maximum atomic E-state index is 5.97. The number of nitrogens with one attached hydrogen (secondary N) is 1. The molecule has 2 aromatic rings. The van der Waals surface area contributed by atoms with E-state index in [4.69, 9.17) is 28.9 Å². The number of halogens is 2. The molecule has 0 aliphatic carbocycles. The van der Waals surface area contributed by atoms with E-state index in [0.29, 0.717) is 21.7 Å². The molecule has 82 valence electrons. The highest BCUT2D eigenvalue weighted by Crippen LogP contribution is 2.26.